The lowest BCUT2D eigenvalue weighted by molar-refractivity contribution is 0.306. The Morgan fingerprint density at radius 3 is 2.59 bits per heavy atom. The number of hydrogen-bond donors (Lipinski definition) is 0. The summed E-state index contributed by atoms with van der Waals surface area (Å²) in [6.45, 7) is 0.416. The Morgan fingerprint density at radius 1 is 1.06 bits per heavy atom. The van der Waals surface area contributed by atoms with E-state index in [2.05, 4.69) is 22.6 Å². The van der Waals surface area contributed by atoms with Crippen molar-refractivity contribution in [2.24, 2.45) is 0 Å². The molecule has 0 radical (unpaired) electrons. The predicted molar refractivity (Wildman–Crippen MR) is 80.0 cm³/mol. The molecule has 0 saturated heterocycles. The molecule has 0 aromatic heterocycles. The van der Waals surface area contributed by atoms with Crippen LogP contribution < -0.4 is 4.74 Å². The molecule has 0 aliphatic rings. The Morgan fingerprint density at radius 2 is 1.82 bits per heavy atom. The molecular formula is C13H9Cl2IO. The first kappa shape index (κ1) is 13.0. The maximum Gasteiger partial charge on any atom is 0.120 e. The second kappa shape index (κ2) is 5.94. The van der Waals surface area contributed by atoms with Crippen LogP contribution in [0.25, 0.3) is 0 Å². The van der Waals surface area contributed by atoms with Crippen LogP contribution in [0.4, 0.5) is 0 Å². The van der Waals surface area contributed by atoms with Crippen molar-refractivity contribution in [3.8, 4) is 5.75 Å². The SMILES string of the molecule is Clc1cccc(COc2cccc(I)c2)c1Cl. The van der Waals surface area contributed by atoms with Crippen molar-refractivity contribution < 1.29 is 4.74 Å². The molecule has 17 heavy (non-hydrogen) atoms. The van der Waals surface area contributed by atoms with Gasteiger partial charge in [0.2, 0.25) is 0 Å². The van der Waals surface area contributed by atoms with E-state index < -0.39 is 0 Å². The molecule has 0 N–H and O–H groups in total. The summed E-state index contributed by atoms with van der Waals surface area (Å²) in [5.74, 6) is 0.827. The summed E-state index contributed by atoms with van der Waals surface area (Å²) in [4.78, 5) is 0. The zero-order valence-electron chi connectivity index (χ0n) is 8.79. The van der Waals surface area contributed by atoms with Crippen LogP contribution in [-0.4, -0.2) is 0 Å². The van der Waals surface area contributed by atoms with Gasteiger partial charge in [0.05, 0.1) is 10.0 Å². The quantitative estimate of drug-likeness (QED) is 0.669. The van der Waals surface area contributed by atoms with E-state index in [1.807, 2.05) is 36.4 Å². The molecule has 2 aromatic carbocycles. The molecule has 0 aliphatic heterocycles. The van der Waals surface area contributed by atoms with Crippen LogP contribution in [0, 0.1) is 3.57 Å². The Labute approximate surface area is 124 Å². The Kier molecular flexibility index (Phi) is 4.54. The summed E-state index contributed by atoms with van der Waals surface area (Å²) in [7, 11) is 0. The van der Waals surface area contributed by atoms with Gasteiger partial charge in [-0.2, -0.15) is 0 Å². The van der Waals surface area contributed by atoms with Gasteiger partial charge in [-0.05, 0) is 46.9 Å². The van der Waals surface area contributed by atoms with E-state index in [0.717, 1.165) is 14.9 Å². The third-order valence-electron chi connectivity index (χ3n) is 2.22. The van der Waals surface area contributed by atoms with Crippen LogP contribution in [0.3, 0.4) is 0 Å². The first-order valence-corrected chi connectivity index (χ1v) is 6.81. The third kappa shape index (κ3) is 3.50. The molecule has 88 valence electrons. The van der Waals surface area contributed by atoms with E-state index in [4.69, 9.17) is 27.9 Å². The van der Waals surface area contributed by atoms with Gasteiger partial charge in [-0.1, -0.05) is 41.4 Å². The molecule has 0 amide bonds. The van der Waals surface area contributed by atoms with Crippen molar-refractivity contribution in [1.82, 2.24) is 0 Å². The summed E-state index contributed by atoms with van der Waals surface area (Å²) >= 11 is 14.3. The number of halogens is 3. The fourth-order valence-corrected chi connectivity index (χ4v) is 2.27. The lowest BCUT2D eigenvalue weighted by Crippen LogP contribution is -1.96. The van der Waals surface area contributed by atoms with Gasteiger partial charge in [0.1, 0.15) is 12.4 Å². The molecule has 0 aliphatic carbocycles. The minimum atomic E-state index is 0.416. The monoisotopic (exact) mass is 378 g/mol. The van der Waals surface area contributed by atoms with Gasteiger partial charge >= 0.3 is 0 Å². The Hall–Kier alpha value is -0.450. The average Bonchev–Trinajstić information content (AvgIpc) is 2.31. The van der Waals surface area contributed by atoms with E-state index in [1.165, 1.54) is 0 Å². The molecular weight excluding hydrogens is 370 g/mol. The van der Waals surface area contributed by atoms with E-state index in [1.54, 1.807) is 6.07 Å². The lowest BCUT2D eigenvalue weighted by Gasteiger charge is -2.08. The summed E-state index contributed by atoms with van der Waals surface area (Å²) < 4.78 is 6.80. The van der Waals surface area contributed by atoms with Gasteiger partial charge in [-0.25, -0.2) is 0 Å². The van der Waals surface area contributed by atoms with Crippen molar-refractivity contribution in [2.45, 2.75) is 6.61 Å². The van der Waals surface area contributed by atoms with E-state index in [-0.39, 0.29) is 0 Å². The van der Waals surface area contributed by atoms with Crippen molar-refractivity contribution in [3.63, 3.8) is 0 Å². The van der Waals surface area contributed by atoms with Gasteiger partial charge in [0, 0.05) is 9.13 Å². The molecule has 2 rings (SSSR count). The normalized spacial score (nSPS) is 10.3. The van der Waals surface area contributed by atoms with Gasteiger partial charge in [0.15, 0.2) is 0 Å². The average molecular weight is 379 g/mol. The topological polar surface area (TPSA) is 9.23 Å². The van der Waals surface area contributed by atoms with Crippen LogP contribution >= 0.6 is 45.8 Å². The zero-order valence-corrected chi connectivity index (χ0v) is 12.5. The summed E-state index contributed by atoms with van der Waals surface area (Å²) in [6.07, 6.45) is 0. The number of ether oxygens (including phenoxy) is 1. The van der Waals surface area contributed by atoms with Crippen LogP contribution in [0.2, 0.25) is 10.0 Å². The largest absolute Gasteiger partial charge is 0.489 e. The Balaban J connectivity index is 2.10. The van der Waals surface area contributed by atoms with Gasteiger partial charge in [0.25, 0.3) is 0 Å². The predicted octanol–water partition coefficient (Wildman–Crippen LogP) is 5.18. The van der Waals surface area contributed by atoms with Gasteiger partial charge in [-0.3, -0.25) is 0 Å². The number of benzene rings is 2. The van der Waals surface area contributed by atoms with Crippen molar-refractivity contribution in [1.29, 1.82) is 0 Å². The summed E-state index contributed by atoms with van der Waals surface area (Å²) in [5.41, 5.74) is 0.887. The van der Waals surface area contributed by atoms with E-state index in [0.29, 0.717) is 16.7 Å². The highest BCUT2D eigenvalue weighted by Crippen LogP contribution is 2.26. The first-order chi connectivity index (χ1) is 8.16. The van der Waals surface area contributed by atoms with Crippen LogP contribution in [0.1, 0.15) is 5.56 Å². The van der Waals surface area contributed by atoms with E-state index in [9.17, 15) is 0 Å². The second-order valence-corrected chi connectivity index (χ2v) is 5.49. The summed E-state index contributed by atoms with van der Waals surface area (Å²) in [6, 6.07) is 13.4. The number of hydrogen-bond acceptors (Lipinski definition) is 1. The summed E-state index contributed by atoms with van der Waals surface area (Å²) in [5, 5.41) is 1.11. The third-order valence-corrected chi connectivity index (χ3v) is 3.75. The molecule has 0 unspecified atom stereocenters. The maximum absolute atomic E-state index is 6.08. The molecule has 0 spiro atoms. The standard InChI is InChI=1S/C13H9Cl2IO/c14-12-6-1-3-9(13(12)15)8-17-11-5-2-4-10(16)7-11/h1-7H,8H2. The van der Waals surface area contributed by atoms with Crippen molar-refractivity contribution in [3.05, 3.63) is 61.6 Å². The molecule has 4 heteroatoms. The minimum absolute atomic E-state index is 0.416. The van der Waals surface area contributed by atoms with E-state index >= 15 is 0 Å². The molecule has 1 nitrogen and oxygen atoms in total. The van der Waals surface area contributed by atoms with Crippen molar-refractivity contribution >= 4 is 45.8 Å². The first-order valence-electron chi connectivity index (χ1n) is 4.98. The smallest absolute Gasteiger partial charge is 0.120 e. The fraction of sp³-hybridized carbons (Fsp3) is 0.0769. The minimum Gasteiger partial charge on any atom is -0.489 e. The highest BCUT2D eigenvalue weighted by molar-refractivity contribution is 14.1. The van der Waals surface area contributed by atoms with Crippen LogP contribution in [-0.2, 0) is 6.61 Å². The van der Waals surface area contributed by atoms with Gasteiger partial charge < -0.3 is 4.74 Å². The van der Waals surface area contributed by atoms with Crippen LogP contribution in [0.5, 0.6) is 5.75 Å². The second-order valence-electron chi connectivity index (χ2n) is 3.46. The highest BCUT2D eigenvalue weighted by atomic mass is 127. The molecule has 2 aromatic rings. The molecule has 0 bridgehead atoms. The zero-order chi connectivity index (χ0) is 12.3. The van der Waals surface area contributed by atoms with Crippen LogP contribution in [0.15, 0.2) is 42.5 Å². The maximum atomic E-state index is 6.08. The molecule has 0 atom stereocenters. The fourth-order valence-electron chi connectivity index (χ4n) is 1.38. The van der Waals surface area contributed by atoms with Gasteiger partial charge in [-0.15, -0.1) is 0 Å². The molecule has 0 heterocycles. The van der Waals surface area contributed by atoms with Crippen molar-refractivity contribution in [2.75, 3.05) is 0 Å². The molecule has 0 saturated carbocycles. The molecule has 0 fully saturated rings. The Bertz CT molecular complexity index is 529. The highest BCUT2D eigenvalue weighted by Gasteiger charge is 2.04. The number of rotatable bonds is 3. The lowest BCUT2D eigenvalue weighted by atomic mass is 10.2.